The van der Waals surface area contributed by atoms with Crippen LogP contribution >= 0.6 is 0 Å². The van der Waals surface area contributed by atoms with Gasteiger partial charge in [0.25, 0.3) is 5.56 Å². The first-order valence-electron chi connectivity index (χ1n) is 5.67. The highest BCUT2D eigenvalue weighted by atomic mass is 16.1. The monoisotopic (exact) mass is 225 g/mol. The SMILES string of the molecule is C/C=C\C(=C/C)c1cc2ccccc2c(=O)[nH]1. The van der Waals surface area contributed by atoms with Crippen molar-refractivity contribution in [2.45, 2.75) is 13.8 Å². The van der Waals surface area contributed by atoms with Crippen LogP contribution in [0.15, 0.2) is 53.4 Å². The van der Waals surface area contributed by atoms with Crippen molar-refractivity contribution in [3.05, 3.63) is 64.6 Å². The number of H-pyrrole nitrogens is 1. The molecular formula is C15H15NO. The first-order valence-corrected chi connectivity index (χ1v) is 5.67. The van der Waals surface area contributed by atoms with Crippen molar-refractivity contribution in [1.82, 2.24) is 4.98 Å². The van der Waals surface area contributed by atoms with Crippen LogP contribution in [0.1, 0.15) is 19.5 Å². The average Bonchev–Trinajstić information content (AvgIpc) is 2.36. The summed E-state index contributed by atoms with van der Waals surface area (Å²) in [5.74, 6) is 0. The Kier molecular flexibility index (Phi) is 3.24. The van der Waals surface area contributed by atoms with Gasteiger partial charge in [0.05, 0.1) is 0 Å². The van der Waals surface area contributed by atoms with Gasteiger partial charge in [-0.25, -0.2) is 0 Å². The number of hydrogen-bond acceptors (Lipinski definition) is 1. The molecule has 0 atom stereocenters. The molecule has 0 aliphatic rings. The van der Waals surface area contributed by atoms with Gasteiger partial charge in [-0.3, -0.25) is 4.79 Å². The number of pyridine rings is 1. The zero-order valence-electron chi connectivity index (χ0n) is 10.0. The molecule has 0 aliphatic heterocycles. The predicted octanol–water partition coefficient (Wildman–Crippen LogP) is 3.51. The standard InChI is InChI=1S/C15H15NO/c1-3-7-11(4-2)14-10-12-8-5-6-9-13(12)15(17)16-14/h3-10H,1-2H3,(H,16,17)/b7-3-,11-4+. The molecule has 0 saturated heterocycles. The summed E-state index contributed by atoms with van der Waals surface area (Å²) < 4.78 is 0. The van der Waals surface area contributed by atoms with E-state index >= 15 is 0 Å². The second kappa shape index (κ2) is 4.83. The fourth-order valence-electron chi connectivity index (χ4n) is 1.89. The normalized spacial score (nSPS) is 12.5. The minimum absolute atomic E-state index is 0.0399. The van der Waals surface area contributed by atoms with E-state index in [1.807, 2.05) is 62.4 Å². The molecule has 2 nitrogen and oxygen atoms in total. The van der Waals surface area contributed by atoms with Crippen LogP contribution in [0.4, 0.5) is 0 Å². The first kappa shape index (κ1) is 11.4. The Morgan fingerprint density at radius 1 is 1.24 bits per heavy atom. The zero-order valence-corrected chi connectivity index (χ0v) is 10.0. The molecule has 0 amide bonds. The summed E-state index contributed by atoms with van der Waals surface area (Å²) in [6.45, 7) is 3.92. The fourth-order valence-corrected chi connectivity index (χ4v) is 1.89. The number of nitrogens with one attached hydrogen (secondary N) is 1. The molecule has 1 heterocycles. The Morgan fingerprint density at radius 2 is 2.00 bits per heavy atom. The first-order chi connectivity index (χ1) is 8.26. The smallest absolute Gasteiger partial charge is 0.256 e. The van der Waals surface area contributed by atoms with Gasteiger partial charge in [-0.15, -0.1) is 0 Å². The number of allylic oxidation sites excluding steroid dienone is 4. The summed E-state index contributed by atoms with van der Waals surface area (Å²) in [4.78, 5) is 14.8. The molecule has 0 fully saturated rings. The molecule has 2 aromatic rings. The van der Waals surface area contributed by atoms with Crippen molar-refractivity contribution in [2.24, 2.45) is 0 Å². The summed E-state index contributed by atoms with van der Waals surface area (Å²) >= 11 is 0. The van der Waals surface area contributed by atoms with E-state index in [4.69, 9.17) is 0 Å². The Morgan fingerprint density at radius 3 is 2.71 bits per heavy atom. The van der Waals surface area contributed by atoms with Gasteiger partial charge in [-0.2, -0.15) is 0 Å². The second-order valence-corrected chi connectivity index (χ2v) is 3.84. The van der Waals surface area contributed by atoms with Crippen LogP contribution in [0.5, 0.6) is 0 Å². The van der Waals surface area contributed by atoms with Gasteiger partial charge < -0.3 is 4.98 Å². The molecule has 0 aliphatic carbocycles. The number of fused-ring (bicyclic) bond motifs is 1. The van der Waals surface area contributed by atoms with Crippen molar-refractivity contribution in [1.29, 1.82) is 0 Å². The molecule has 2 heteroatoms. The summed E-state index contributed by atoms with van der Waals surface area (Å²) in [5, 5.41) is 1.70. The minimum atomic E-state index is -0.0399. The van der Waals surface area contributed by atoms with Gasteiger partial charge in [0.15, 0.2) is 0 Å². The van der Waals surface area contributed by atoms with E-state index in [0.717, 1.165) is 22.0 Å². The molecule has 0 spiro atoms. The zero-order chi connectivity index (χ0) is 12.3. The molecule has 0 saturated carbocycles. The van der Waals surface area contributed by atoms with Gasteiger partial charge in [-0.1, -0.05) is 36.4 Å². The van der Waals surface area contributed by atoms with E-state index in [-0.39, 0.29) is 5.56 Å². The molecule has 17 heavy (non-hydrogen) atoms. The number of rotatable bonds is 2. The molecular weight excluding hydrogens is 210 g/mol. The summed E-state index contributed by atoms with van der Waals surface area (Å²) in [7, 11) is 0. The van der Waals surface area contributed by atoms with Gasteiger partial charge in [0.1, 0.15) is 0 Å². The van der Waals surface area contributed by atoms with Crippen LogP contribution in [0, 0.1) is 0 Å². The highest BCUT2D eigenvalue weighted by molar-refractivity contribution is 5.85. The largest absolute Gasteiger partial charge is 0.321 e. The van der Waals surface area contributed by atoms with E-state index < -0.39 is 0 Å². The summed E-state index contributed by atoms with van der Waals surface area (Å²) in [6.07, 6.45) is 5.93. The predicted molar refractivity (Wildman–Crippen MR) is 73.0 cm³/mol. The van der Waals surface area contributed by atoms with Crippen molar-refractivity contribution < 1.29 is 0 Å². The lowest BCUT2D eigenvalue weighted by Gasteiger charge is -2.04. The third-order valence-electron chi connectivity index (χ3n) is 2.72. The minimum Gasteiger partial charge on any atom is -0.321 e. The number of hydrogen-bond donors (Lipinski definition) is 1. The van der Waals surface area contributed by atoms with Crippen LogP contribution in [0.25, 0.3) is 16.3 Å². The lowest BCUT2D eigenvalue weighted by molar-refractivity contribution is 1.23. The molecule has 1 aromatic carbocycles. The van der Waals surface area contributed by atoms with Crippen LogP contribution < -0.4 is 5.56 Å². The summed E-state index contributed by atoms with van der Waals surface area (Å²) in [6, 6.07) is 9.61. The summed E-state index contributed by atoms with van der Waals surface area (Å²) in [5.41, 5.74) is 1.84. The average molecular weight is 225 g/mol. The lowest BCUT2D eigenvalue weighted by Crippen LogP contribution is -2.08. The Hall–Kier alpha value is -2.09. The third-order valence-corrected chi connectivity index (χ3v) is 2.72. The van der Waals surface area contributed by atoms with E-state index in [1.54, 1.807) is 0 Å². The van der Waals surface area contributed by atoms with Crippen LogP contribution in [0.2, 0.25) is 0 Å². The number of aromatic amines is 1. The van der Waals surface area contributed by atoms with Gasteiger partial charge >= 0.3 is 0 Å². The molecule has 2 rings (SSSR count). The molecule has 86 valence electrons. The van der Waals surface area contributed by atoms with Gasteiger partial charge in [0, 0.05) is 11.1 Å². The lowest BCUT2D eigenvalue weighted by atomic mass is 10.1. The maximum absolute atomic E-state index is 11.9. The molecule has 0 bridgehead atoms. The fraction of sp³-hybridized carbons (Fsp3) is 0.133. The Labute approximate surface area is 100 Å². The maximum Gasteiger partial charge on any atom is 0.256 e. The molecule has 0 radical (unpaired) electrons. The maximum atomic E-state index is 11.9. The molecule has 1 aromatic heterocycles. The molecule has 0 unspecified atom stereocenters. The van der Waals surface area contributed by atoms with E-state index in [0.29, 0.717) is 0 Å². The van der Waals surface area contributed by atoms with Gasteiger partial charge in [0.2, 0.25) is 0 Å². The van der Waals surface area contributed by atoms with E-state index in [9.17, 15) is 4.79 Å². The quantitative estimate of drug-likeness (QED) is 0.779. The van der Waals surface area contributed by atoms with Crippen LogP contribution in [0.3, 0.4) is 0 Å². The second-order valence-electron chi connectivity index (χ2n) is 3.84. The van der Waals surface area contributed by atoms with Crippen molar-refractivity contribution in [3.8, 4) is 0 Å². The Bertz CT molecular complexity index is 647. The van der Waals surface area contributed by atoms with Crippen molar-refractivity contribution in [2.75, 3.05) is 0 Å². The number of aromatic nitrogens is 1. The van der Waals surface area contributed by atoms with E-state index in [2.05, 4.69) is 4.98 Å². The van der Waals surface area contributed by atoms with Gasteiger partial charge in [-0.05, 0) is 36.9 Å². The highest BCUT2D eigenvalue weighted by Gasteiger charge is 2.02. The number of benzene rings is 1. The highest BCUT2D eigenvalue weighted by Crippen LogP contribution is 2.17. The van der Waals surface area contributed by atoms with E-state index in [1.165, 1.54) is 0 Å². The van der Waals surface area contributed by atoms with Crippen molar-refractivity contribution >= 4 is 16.3 Å². The van der Waals surface area contributed by atoms with Crippen LogP contribution in [-0.2, 0) is 0 Å². The van der Waals surface area contributed by atoms with Crippen molar-refractivity contribution in [3.63, 3.8) is 0 Å². The Balaban J connectivity index is 2.69. The topological polar surface area (TPSA) is 32.9 Å². The third kappa shape index (κ3) is 2.21. The molecule has 1 N–H and O–H groups in total. The van der Waals surface area contributed by atoms with Crippen LogP contribution in [-0.4, -0.2) is 4.98 Å².